The van der Waals surface area contributed by atoms with Gasteiger partial charge in [0.2, 0.25) is 0 Å². The van der Waals surface area contributed by atoms with Crippen LogP contribution in [0.15, 0.2) is 0 Å². The van der Waals surface area contributed by atoms with Crippen LogP contribution in [0.2, 0.25) is 0 Å². The summed E-state index contributed by atoms with van der Waals surface area (Å²) in [7, 11) is 0. The van der Waals surface area contributed by atoms with Gasteiger partial charge in [-0.05, 0) is 23.6 Å². The molecule has 1 heterocycles. The van der Waals surface area contributed by atoms with Crippen LogP contribution in [0.1, 0.15) is 96.8 Å². The van der Waals surface area contributed by atoms with Gasteiger partial charge >= 0.3 is 0 Å². The van der Waals surface area contributed by atoms with E-state index >= 15 is 0 Å². The molecular weight excluding hydrogens is 426 g/mol. The minimum Gasteiger partial charge on any atom is -0.750 e. The van der Waals surface area contributed by atoms with E-state index in [0.717, 1.165) is 6.54 Å². The predicted molar refractivity (Wildman–Crippen MR) is 118 cm³/mol. The lowest BCUT2D eigenvalue weighted by Gasteiger charge is -2.32. The third-order valence-electron chi connectivity index (χ3n) is 5.48. The van der Waals surface area contributed by atoms with Gasteiger partial charge in [-0.1, -0.05) is 71.1 Å². The average molecular weight is 467 g/mol. The van der Waals surface area contributed by atoms with Crippen molar-refractivity contribution in [2.24, 2.45) is 0 Å². The van der Waals surface area contributed by atoms with Crippen LogP contribution in [0.5, 0.6) is 0 Å². The van der Waals surface area contributed by atoms with Crippen LogP contribution in [0.4, 0.5) is 0 Å². The molecule has 0 aromatic heterocycles. The SMILES string of the molecule is CCCCCCCCCCCCCC[N+]1(CC#CBr)CCCC1.O=S([O-])O. The summed E-state index contributed by atoms with van der Waals surface area (Å²) in [5, 5.41) is 0. The maximum Gasteiger partial charge on any atom is 0.141 e. The van der Waals surface area contributed by atoms with Crippen LogP contribution in [-0.4, -0.2) is 44.0 Å². The van der Waals surface area contributed by atoms with Crippen molar-refractivity contribution in [2.45, 2.75) is 96.8 Å². The van der Waals surface area contributed by atoms with Crippen molar-refractivity contribution in [1.29, 1.82) is 0 Å². The Hall–Kier alpha value is 0.0700. The van der Waals surface area contributed by atoms with Gasteiger partial charge in [-0.3, -0.25) is 0 Å². The molecule has 1 saturated heterocycles. The van der Waals surface area contributed by atoms with Crippen LogP contribution in [-0.2, 0) is 11.4 Å². The third kappa shape index (κ3) is 17.9. The van der Waals surface area contributed by atoms with Gasteiger partial charge in [0, 0.05) is 28.8 Å². The Morgan fingerprint density at radius 1 is 0.926 bits per heavy atom. The fourth-order valence-corrected chi connectivity index (χ4v) is 4.08. The van der Waals surface area contributed by atoms with Gasteiger partial charge in [0.15, 0.2) is 0 Å². The van der Waals surface area contributed by atoms with Crippen molar-refractivity contribution in [3.63, 3.8) is 0 Å². The van der Waals surface area contributed by atoms with Crippen molar-refractivity contribution in [1.82, 2.24) is 0 Å². The fourth-order valence-electron chi connectivity index (χ4n) is 3.95. The van der Waals surface area contributed by atoms with E-state index in [9.17, 15) is 0 Å². The lowest BCUT2D eigenvalue weighted by atomic mass is 10.1. The van der Waals surface area contributed by atoms with Crippen LogP contribution in [0.3, 0.4) is 0 Å². The number of hydrogen-bond donors (Lipinski definition) is 1. The highest BCUT2D eigenvalue weighted by Gasteiger charge is 2.30. The molecule has 1 fully saturated rings. The van der Waals surface area contributed by atoms with Crippen molar-refractivity contribution in [3.05, 3.63) is 0 Å². The molecule has 1 unspecified atom stereocenters. The third-order valence-corrected chi connectivity index (χ3v) is 5.76. The summed E-state index contributed by atoms with van der Waals surface area (Å²) in [6.45, 7) is 7.43. The van der Waals surface area contributed by atoms with Crippen molar-refractivity contribution < 1.29 is 17.8 Å². The van der Waals surface area contributed by atoms with E-state index in [2.05, 4.69) is 33.6 Å². The van der Waals surface area contributed by atoms with Crippen LogP contribution >= 0.6 is 15.9 Å². The molecule has 0 spiro atoms. The molecule has 0 aromatic rings. The largest absolute Gasteiger partial charge is 0.750 e. The number of likely N-dealkylation sites (tertiary alicyclic amines) is 1. The lowest BCUT2D eigenvalue weighted by molar-refractivity contribution is -0.910. The molecule has 1 N–H and O–H groups in total. The molecule has 0 bridgehead atoms. The smallest absolute Gasteiger partial charge is 0.141 e. The highest BCUT2D eigenvalue weighted by Crippen LogP contribution is 2.21. The van der Waals surface area contributed by atoms with E-state index in [1.54, 1.807) is 0 Å². The topological polar surface area (TPSA) is 60.4 Å². The summed E-state index contributed by atoms with van der Waals surface area (Å²) >= 11 is 0.389. The highest BCUT2D eigenvalue weighted by molar-refractivity contribution is 9.12. The quantitative estimate of drug-likeness (QED) is 0.148. The number of hydrogen-bond acceptors (Lipinski definition) is 2. The number of nitrogens with zero attached hydrogens (tertiary/aromatic N) is 1. The monoisotopic (exact) mass is 465 g/mol. The Kier molecular flexibility index (Phi) is 19.4. The zero-order chi connectivity index (χ0) is 20.2. The first-order valence-corrected chi connectivity index (χ1v) is 12.6. The van der Waals surface area contributed by atoms with Crippen molar-refractivity contribution in [3.8, 4) is 10.8 Å². The summed E-state index contributed by atoms with van der Waals surface area (Å²) < 4.78 is 25.4. The highest BCUT2D eigenvalue weighted by atomic mass is 79.9. The number of halogens is 1. The molecule has 1 atom stereocenters. The Morgan fingerprint density at radius 3 is 1.74 bits per heavy atom. The first kappa shape index (κ1) is 27.1. The van der Waals surface area contributed by atoms with Crippen LogP contribution in [0, 0.1) is 10.8 Å². The molecule has 0 aromatic carbocycles. The first-order chi connectivity index (χ1) is 13.1. The summed E-state index contributed by atoms with van der Waals surface area (Å²) in [6, 6.07) is 0. The summed E-state index contributed by atoms with van der Waals surface area (Å²) in [4.78, 5) is 2.91. The molecule has 0 radical (unpaired) electrons. The van der Waals surface area contributed by atoms with Gasteiger partial charge in [-0.25, -0.2) is 4.21 Å². The van der Waals surface area contributed by atoms with E-state index in [1.165, 1.54) is 114 Å². The van der Waals surface area contributed by atoms with E-state index in [-0.39, 0.29) is 0 Å². The molecule has 6 heteroatoms. The Bertz CT molecular complexity index is 413. The molecule has 1 rings (SSSR count). The van der Waals surface area contributed by atoms with Crippen molar-refractivity contribution in [2.75, 3.05) is 26.2 Å². The number of unbranched alkanes of at least 4 members (excludes halogenated alkanes) is 11. The van der Waals surface area contributed by atoms with Gasteiger partial charge in [-0.2, -0.15) is 0 Å². The van der Waals surface area contributed by atoms with Gasteiger partial charge in [0.25, 0.3) is 0 Å². The maximum absolute atomic E-state index is 8.56. The first-order valence-electron chi connectivity index (χ1n) is 10.8. The Balaban J connectivity index is 0.00000153. The van der Waals surface area contributed by atoms with E-state index in [4.69, 9.17) is 13.3 Å². The minimum atomic E-state index is -2.86. The predicted octanol–water partition coefficient (Wildman–Crippen LogP) is 5.99. The molecule has 27 heavy (non-hydrogen) atoms. The van der Waals surface area contributed by atoms with Gasteiger partial charge in [-0.15, -0.1) is 0 Å². The Morgan fingerprint density at radius 2 is 1.33 bits per heavy atom. The molecule has 4 nitrogen and oxygen atoms in total. The van der Waals surface area contributed by atoms with E-state index < -0.39 is 11.4 Å². The second-order valence-corrected chi connectivity index (χ2v) is 8.59. The average Bonchev–Trinajstić information content (AvgIpc) is 3.09. The Labute approximate surface area is 178 Å². The molecule has 160 valence electrons. The normalized spacial score (nSPS) is 16.1. The van der Waals surface area contributed by atoms with Gasteiger partial charge in [0.05, 0.1) is 31.0 Å². The standard InChI is InChI=1S/C21H39BrN.H2O3S/c1-2-3-4-5-6-7-8-9-10-11-12-13-18-23(21-16-17-22)19-14-15-20-23;1-4(2)3/h2-15,18-21H2,1H3;(H2,1,2,3)/q+1;/p-1. The second kappa shape index (κ2) is 19.4. The van der Waals surface area contributed by atoms with Crippen LogP contribution in [0.25, 0.3) is 0 Å². The van der Waals surface area contributed by atoms with E-state index in [1.807, 2.05) is 0 Å². The molecule has 0 amide bonds. The lowest BCUT2D eigenvalue weighted by Crippen LogP contribution is -2.46. The van der Waals surface area contributed by atoms with Gasteiger partial charge in [0.1, 0.15) is 6.54 Å². The van der Waals surface area contributed by atoms with E-state index in [0.29, 0.717) is 0 Å². The summed E-state index contributed by atoms with van der Waals surface area (Å²) in [5.41, 5.74) is 0. The number of rotatable bonds is 14. The molecular formula is C21H40BrNO3S. The van der Waals surface area contributed by atoms with Crippen LogP contribution < -0.4 is 0 Å². The zero-order valence-corrected chi connectivity index (χ0v) is 19.6. The summed E-state index contributed by atoms with van der Waals surface area (Å²) in [5.74, 6) is 3.26. The maximum atomic E-state index is 8.56. The zero-order valence-electron chi connectivity index (χ0n) is 17.2. The molecule has 1 aliphatic heterocycles. The minimum absolute atomic E-state index is 1.06. The fraction of sp³-hybridized carbons (Fsp3) is 0.905. The van der Waals surface area contributed by atoms with Crippen molar-refractivity contribution >= 4 is 27.3 Å². The molecule has 0 saturated carbocycles. The molecule has 0 aliphatic carbocycles. The summed E-state index contributed by atoms with van der Waals surface area (Å²) in [6.07, 6.45) is 20.1. The van der Waals surface area contributed by atoms with Gasteiger partial charge < -0.3 is 13.6 Å². The second-order valence-electron chi connectivity index (χ2n) is 7.76. The molecule has 1 aliphatic rings. The number of quaternary nitrogens is 1.